The minimum atomic E-state index is 0.0522. The molecule has 3 aromatic heterocycles. The topological polar surface area (TPSA) is 70.6 Å². The molecular formula is C28H32N6O2. The molecule has 0 saturated carbocycles. The number of carbonyl (C=O) groups is 1. The van der Waals surface area contributed by atoms with Crippen molar-refractivity contribution >= 4 is 16.9 Å². The number of likely N-dealkylation sites (tertiary alicyclic amines) is 1. The maximum absolute atomic E-state index is 13.8. The highest BCUT2D eigenvalue weighted by molar-refractivity contribution is 6.06. The molecular weight excluding hydrogens is 452 g/mol. The van der Waals surface area contributed by atoms with Crippen LogP contribution in [0.3, 0.4) is 0 Å². The number of hydrogen-bond acceptors (Lipinski definition) is 6. The first-order valence-corrected chi connectivity index (χ1v) is 12.9. The average molecular weight is 485 g/mol. The van der Waals surface area contributed by atoms with E-state index >= 15 is 0 Å². The second kappa shape index (κ2) is 10.2. The lowest BCUT2D eigenvalue weighted by molar-refractivity contribution is 0.0628. The van der Waals surface area contributed by atoms with Gasteiger partial charge in [0.15, 0.2) is 5.65 Å². The Bertz CT molecular complexity index is 1300. The van der Waals surface area contributed by atoms with Crippen molar-refractivity contribution in [2.24, 2.45) is 0 Å². The molecule has 2 aliphatic heterocycles. The van der Waals surface area contributed by atoms with Gasteiger partial charge in [0.25, 0.3) is 5.91 Å². The lowest BCUT2D eigenvalue weighted by atomic mass is 10.1. The first kappa shape index (κ1) is 22.9. The average Bonchev–Trinajstić information content (AvgIpc) is 3.71. The van der Waals surface area contributed by atoms with Gasteiger partial charge >= 0.3 is 0 Å². The van der Waals surface area contributed by atoms with Crippen LogP contribution in [-0.2, 0) is 6.54 Å². The van der Waals surface area contributed by atoms with Crippen LogP contribution in [0.4, 0.5) is 0 Å². The Labute approximate surface area is 211 Å². The lowest BCUT2D eigenvalue weighted by Gasteiger charge is -2.35. The van der Waals surface area contributed by atoms with Crippen LogP contribution in [0.2, 0.25) is 0 Å². The Morgan fingerprint density at radius 2 is 1.64 bits per heavy atom. The van der Waals surface area contributed by atoms with Crippen LogP contribution in [0.15, 0.2) is 65.4 Å². The van der Waals surface area contributed by atoms with Crippen molar-refractivity contribution in [2.75, 3.05) is 52.4 Å². The van der Waals surface area contributed by atoms with E-state index in [1.54, 1.807) is 12.5 Å². The van der Waals surface area contributed by atoms with Crippen molar-refractivity contribution in [3.05, 3.63) is 72.3 Å². The maximum atomic E-state index is 13.8. The number of benzene rings is 1. The number of nitrogens with zero attached hydrogens (tertiary/aromatic N) is 6. The number of furan rings is 1. The van der Waals surface area contributed by atoms with Gasteiger partial charge in [0.2, 0.25) is 0 Å². The first-order chi connectivity index (χ1) is 17.7. The normalized spacial score (nSPS) is 17.3. The predicted molar refractivity (Wildman–Crippen MR) is 139 cm³/mol. The molecule has 0 unspecified atom stereocenters. The quantitative estimate of drug-likeness (QED) is 0.399. The van der Waals surface area contributed by atoms with Crippen molar-refractivity contribution in [3.8, 4) is 11.3 Å². The molecule has 1 aromatic carbocycles. The van der Waals surface area contributed by atoms with E-state index in [0.29, 0.717) is 17.8 Å². The van der Waals surface area contributed by atoms with Crippen molar-refractivity contribution in [3.63, 3.8) is 0 Å². The van der Waals surface area contributed by atoms with E-state index in [0.717, 1.165) is 61.7 Å². The van der Waals surface area contributed by atoms with Crippen molar-refractivity contribution in [1.82, 2.24) is 29.5 Å². The third-order valence-electron chi connectivity index (χ3n) is 7.39. The zero-order chi connectivity index (χ0) is 24.3. The molecule has 8 nitrogen and oxygen atoms in total. The number of rotatable bonds is 7. The Morgan fingerprint density at radius 3 is 2.36 bits per heavy atom. The molecule has 5 heterocycles. The van der Waals surface area contributed by atoms with Crippen LogP contribution >= 0.6 is 0 Å². The highest BCUT2D eigenvalue weighted by Gasteiger charge is 2.26. The molecule has 0 radical (unpaired) electrons. The van der Waals surface area contributed by atoms with Crippen LogP contribution in [0.5, 0.6) is 0 Å². The third-order valence-corrected chi connectivity index (χ3v) is 7.39. The smallest absolute Gasteiger partial charge is 0.254 e. The number of amides is 1. The minimum absolute atomic E-state index is 0.0522. The molecule has 0 aliphatic carbocycles. The summed E-state index contributed by atoms with van der Waals surface area (Å²) in [6.45, 7) is 8.45. The number of fused-ring (bicyclic) bond motifs is 1. The van der Waals surface area contributed by atoms with Gasteiger partial charge in [0.05, 0.1) is 29.1 Å². The first-order valence-electron chi connectivity index (χ1n) is 12.9. The molecule has 6 rings (SSSR count). The second-order valence-electron chi connectivity index (χ2n) is 9.72. The van der Waals surface area contributed by atoms with Gasteiger partial charge in [-0.3, -0.25) is 9.69 Å². The fraction of sp³-hybridized carbons (Fsp3) is 0.393. The summed E-state index contributed by atoms with van der Waals surface area (Å²) in [5, 5.41) is 5.36. The summed E-state index contributed by atoms with van der Waals surface area (Å²) < 4.78 is 7.35. The Hall–Kier alpha value is -3.49. The molecule has 2 aliphatic rings. The summed E-state index contributed by atoms with van der Waals surface area (Å²) in [6, 6.07) is 15.7. The number of hydrogen-bond donors (Lipinski definition) is 0. The molecule has 186 valence electrons. The largest absolute Gasteiger partial charge is 0.467 e. The van der Waals surface area contributed by atoms with Gasteiger partial charge in [-0.25, -0.2) is 9.67 Å². The van der Waals surface area contributed by atoms with Crippen LogP contribution < -0.4 is 0 Å². The van der Waals surface area contributed by atoms with E-state index in [1.165, 1.54) is 25.9 Å². The molecule has 1 amide bonds. The molecule has 0 N–H and O–H groups in total. The number of piperazine rings is 1. The van der Waals surface area contributed by atoms with Gasteiger partial charge in [0.1, 0.15) is 12.3 Å². The van der Waals surface area contributed by atoms with Crippen LogP contribution in [0.25, 0.3) is 22.3 Å². The van der Waals surface area contributed by atoms with E-state index in [1.807, 2.05) is 58.1 Å². The van der Waals surface area contributed by atoms with Crippen molar-refractivity contribution in [2.45, 2.75) is 19.4 Å². The fourth-order valence-corrected chi connectivity index (χ4v) is 5.28. The maximum Gasteiger partial charge on any atom is 0.254 e. The summed E-state index contributed by atoms with van der Waals surface area (Å²) in [4.78, 5) is 25.8. The van der Waals surface area contributed by atoms with Crippen molar-refractivity contribution in [1.29, 1.82) is 0 Å². The molecule has 8 heteroatoms. The third kappa shape index (κ3) is 4.79. The van der Waals surface area contributed by atoms with Gasteiger partial charge in [-0.1, -0.05) is 30.3 Å². The second-order valence-corrected chi connectivity index (χ2v) is 9.72. The van der Waals surface area contributed by atoms with Gasteiger partial charge in [-0.05, 0) is 44.1 Å². The van der Waals surface area contributed by atoms with E-state index in [-0.39, 0.29) is 5.91 Å². The van der Waals surface area contributed by atoms with E-state index in [2.05, 4.69) is 14.9 Å². The van der Waals surface area contributed by atoms with Crippen LogP contribution in [0.1, 0.15) is 29.0 Å². The van der Waals surface area contributed by atoms with Crippen molar-refractivity contribution < 1.29 is 9.21 Å². The zero-order valence-electron chi connectivity index (χ0n) is 20.6. The summed E-state index contributed by atoms with van der Waals surface area (Å²) in [7, 11) is 0. The molecule has 2 saturated heterocycles. The number of carbonyl (C=O) groups excluding carboxylic acids is 1. The van der Waals surface area contributed by atoms with E-state index in [4.69, 9.17) is 9.40 Å². The Morgan fingerprint density at radius 1 is 0.889 bits per heavy atom. The Kier molecular flexibility index (Phi) is 6.53. The number of pyridine rings is 1. The summed E-state index contributed by atoms with van der Waals surface area (Å²) >= 11 is 0. The van der Waals surface area contributed by atoms with Gasteiger partial charge < -0.3 is 14.2 Å². The molecule has 36 heavy (non-hydrogen) atoms. The summed E-state index contributed by atoms with van der Waals surface area (Å²) in [6.07, 6.45) is 6.07. The predicted octanol–water partition coefficient (Wildman–Crippen LogP) is 3.59. The molecule has 0 spiro atoms. The molecule has 0 atom stereocenters. The van der Waals surface area contributed by atoms with Gasteiger partial charge in [-0.15, -0.1) is 0 Å². The molecule has 0 bridgehead atoms. The van der Waals surface area contributed by atoms with E-state index in [9.17, 15) is 4.79 Å². The zero-order valence-corrected chi connectivity index (χ0v) is 20.6. The van der Waals surface area contributed by atoms with Crippen LogP contribution in [0, 0.1) is 0 Å². The van der Waals surface area contributed by atoms with Crippen LogP contribution in [-0.4, -0.2) is 87.7 Å². The monoisotopic (exact) mass is 484 g/mol. The minimum Gasteiger partial charge on any atom is -0.467 e. The molecule has 4 aromatic rings. The lowest BCUT2D eigenvalue weighted by Crippen LogP contribution is -2.50. The fourth-order valence-electron chi connectivity index (χ4n) is 5.28. The number of aromatic nitrogens is 3. The SMILES string of the molecule is O=C(c1cc(-c2ccccc2)nc2c1cnn2Cc1ccco1)N1CCN(CCN2CCCC2)CC1. The highest BCUT2D eigenvalue weighted by atomic mass is 16.3. The van der Waals surface area contributed by atoms with Gasteiger partial charge in [0, 0.05) is 44.8 Å². The summed E-state index contributed by atoms with van der Waals surface area (Å²) in [5.74, 6) is 0.848. The van der Waals surface area contributed by atoms with E-state index < -0.39 is 0 Å². The standard InChI is InChI=1S/C28H32N6O2/c35-28(33-16-14-32(15-17-33)13-12-31-10-4-5-11-31)24-19-26(22-7-2-1-3-8-22)30-27-25(24)20-29-34(27)21-23-9-6-18-36-23/h1-3,6-9,18-20H,4-5,10-17,21H2. The molecule has 2 fully saturated rings. The summed E-state index contributed by atoms with van der Waals surface area (Å²) in [5.41, 5.74) is 3.11. The van der Waals surface area contributed by atoms with Gasteiger partial charge in [-0.2, -0.15) is 5.10 Å². The Balaban J connectivity index is 1.25. The highest BCUT2D eigenvalue weighted by Crippen LogP contribution is 2.27.